The molecule has 0 aromatic heterocycles. The third-order valence-electron chi connectivity index (χ3n) is 2.26. The minimum absolute atomic E-state index is 0.0202. The third kappa shape index (κ3) is 4.89. The van der Waals surface area contributed by atoms with Crippen molar-refractivity contribution in [2.24, 2.45) is 5.92 Å². The lowest BCUT2D eigenvalue weighted by Gasteiger charge is -2.11. The summed E-state index contributed by atoms with van der Waals surface area (Å²) in [4.78, 5) is 11.8. The molecule has 0 fully saturated rings. The second-order valence-electron chi connectivity index (χ2n) is 4.98. The monoisotopic (exact) mass is 234 g/mol. The number of anilines is 1. The smallest absolute Gasteiger partial charge is 0.251 e. The fourth-order valence-electron chi connectivity index (χ4n) is 1.44. The van der Waals surface area contributed by atoms with Crippen LogP contribution in [0.4, 0.5) is 5.69 Å². The molecule has 3 nitrogen and oxygen atoms in total. The van der Waals surface area contributed by atoms with Gasteiger partial charge in [-0.05, 0) is 38.0 Å². The summed E-state index contributed by atoms with van der Waals surface area (Å²) in [5.41, 5.74) is 1.70. The first-order valence-corrected chi connectivity index (χ1v) is 6.14. The van der Waals surface area contributed by atoms with Gasteiger partial charge < -0.3 is 10.6 Å². The van der Waals surface area contributed by atoms with Crippen LogP contribution in [0.5, 0.6) is 0 Å². The lowest BCUT2D eigenvalue weighted by Crippen LogP contribution is -2.30. The van der Waals surface area contributed by atoms with Gasteiger partial charge in [0.1, 0.15) is 0 Å². The number of hydrogen-bond acceptors (Lipinski definition) is 2. The molecule has 0 aliphatic carbocycles. The summed E-state index contributed by atoms with van der Waals surface area (Å²) >= 11 is 0. The van der Waals surface area contributed by atoms with Crippen LogP contribution >= 0.6 is 0 Å². The van der Waals surface area contributed by atoms with Crippen molar-refractivity contribution in [3.63, 3.8) is 0 Å². The molecule has 3 heteroatoms. The van der Waals surface area contributed by atoms with Crippen LogP contribution in [0.2, 0.25) is 0 Å². The van der Waals surface area contributed by atoms with E-state index in [1.807, 2.05) is 38.1 Å². The van der Waals surface area contributed by atoms with E-state index >= 15 is 0 Å². The van der Waals surface area contributed by atoms with E-state index in [0.29, 0.717) is 11.5 Å². The Kier molecular flexibility index (Phi) is 5.01. The summed E-state index contributed by atoms with van der Waals surface area (Å²) in [6.45, 7) is 9.14. The molecule has 0 saturated heterocycles. The number of benzene rings is 1. The zero-order valence-corrected chi connectivity index (χ0v) is 11.1. The fraction of sp³-hybridized carbons (Fsp3) is 0.500. The molecule has 0 spiro atoms. The maximum Gasteiger partial charge on any atom is 0.251 e. The molecule has 1 amide bonds. The quantitative estimate of drug-likeness (QED) is 0.822. The molecule has 94 valence electrons. The van der Waals surface area contributed by atoms with Gasteiger partial charge in [-0.15, -0.1) is 0 Å². The number of rotatable bonds is 5. The summed E-state index contributed by atoms with van der Waals surface area (Å²) in [6.07, 6.45) is 0. The predicted octanol–water partition coefficient (Wildman–Crippen LogP) is 2.89. The molecular weight excluding hydrogens is 212 g/mol. The van der Waals surface area contributed by atoms with E-state index in [4.69, 9.17) is 0 Å². The Morgan fingerprint density at radius 2 is 1.94 bits per heavy atom. The van der Waals surface area contributed by atoms with Gasteiger partial charge in [0.25, 0.3) is 5.91 Å². The van der Waals surface area contributed by atoms with Crippen LogP contribution in [0.15, 0.2) is 24.3 Å². The van der Waals surface area contributed by atoms with Crippen molar-refractivity contribution in [1.82, 2.24) is 5.32 Å². The van der Waals surface area contributed by atoms with Crippen LogP contribution in [0.1, 0.15) is 38.1 Å². The minimum atomic E-state index is -0.0202. The largest absolute Gasteiger partial charge is 0.385 e. The second kappa shape index (κ2) is 6.28. The summed E-state index contributed by atoms with van der Waals surface area (Å²) in [6, 6.07) is 7.76. The normalized spacial score (nSPS) is 10.7. The van der Waals surface area contributed by atoms with Gasteiger partial charge in [-0.3, -0.25) is 4.79 Å². The van der Waals surface area contributed by atoms with E-state index in [-0.39, 0.29) is 11.9 Å². The molecule has 0 aliphatic rings. The molecular formula is C14H22N2O. The zero-order valence-electron chi connectivity index (χ0n) is 11.1. The fourth-order valence-corrected chi connectivity index (χ4v) is 1.44. The van der Waals surface area contributed by atoms with E-state index < -0.39 is 0 Å². The van der Waals surface area contributed by atoms with E-state index in [2.05, 4.69) is 24.5 Å². The first-order valence-electron chi connectivity index (χ1n) is 6.14. The Hall–Kier alpha value is -1.51. The first-order chi connectivity index (χ1) is 7.99. The maximum absolute atomic E-state index is 11.8. The van der Waals surface area contributed by atoms with Crippen molar-refractivity contribution in [2.45, 2.75) is 33.7 Å². The lowest BCUT2D eigenvalue weighted by atomic mass is 10.1. The number of carbonyl (C=O) groups excluding carboxylic acids is 1. The molecule has 0 aliphatic heterocycles. The molecule has 0 heterocycles. The SMILES string of the molecule is CC(C)CNc1cccc(C(=O)NC(C)C)c1. The molecule has 0 radical (unpaired) electrons. The summed E-state index contributed by atoms with van der Waals surface area (Å²) in [5.74, 6) is 0.566. The van der Waals surface area contributed by atoms with Crippen molar-refractivity contribution in [3.8, 4) is 0 Å². The van der Waals surface area contributed by atoms with Gasteiger partial charge in [0, 0.05) is 23.8 Å². The standard InChI is InChI=1S/C14H22N2O/c1-10(2)9-15-13-7-5-6-12(8-13)14(17)16-11(3)4/h5-8,10-11,15H,9H2,1-4H3,(H,16,17). The van der Waals surface area contributed by atoms with Gasteiger partial charge in [0.15, 0.2) is 0 Å². The molecule has 1 aromatic rings. The topological polar surface area (TPSA) is 41.1 Å². The van der Waals surface area contributed by atoms with Crippen LogP contribution in [-0.4, -0.2) is 18.5 Å². The molecule has 2 N–H and O–H groups in total. The lowest BCUT2D eigenvalue weighted by molar-refractivity contribution is 0.0943. The van der Waals surface area contributed by atoms with E-state index in [9.17, 15) is 4.79 Å². The second-order valence-corrected chi connectivity index (χ2v) is 4.98. The Morgan fingerprint density at radius 1 is 1.24 bits per heavy atom. The molecule has 0 bridgehead atoms. The van der Waals surface area contributed by atoms with Crippen molar-refractivity contribution in [3.05, 3.63) is 29.8 Å². The van der Waals surface area contributed by atoms with Gasteiger partial charge >= 0.3 is 0 Å². The Balaban J connectivity index is 2.68. The van der Waals surface area contributed by atoms with Gasteiger partial charge in [0.05, 0.1) is 0 Å². The van der Waals surface area contributed by atoms with Crippen LogP contribution in [0.25, 0.3) is 0 Å². The average molecular weight is 234 g/mol. The van der Waals surface area contributed by atoms with Gasteiger partial charge in [-0.1, -0.05) is 19.9 Å². The molecule has 0 unspecified atom stereocenters. The average Bonchev–Trinajstić information content (AvgIpc) is 2.26. The Morgan fingerprint density at radius 3 is 2.53 bits per heavy atom. The summed E-state index contributed by atoms with van der Waals surface area (Å²) < 4.78 is 0. The number of amides is 1. The highest BCUT2D eigenvalue weighted by molar-refractivity contribution is 5.95. The molecule has 0 atom stereocenters. The van der Waals surface area contributed by atoms with Gasteiger partial charge in [-0.25, -0.2) is 0 Å². The highest BCUT2D eigenvalue weighted by Crippen LogP contribution is 2.11. The number of hydrogen-bond donors (Lipinski definition) is 2. The maximum atomic E-state index is 11.8. The predicted molar refractivity (Wildman–Crippen MR) is 72.4 cm³/mol. The highest BCUT2D eigenvalue weighted by atomic mass is 16.1. The van der Waals surface area contributed by atoms with Crippen LogP contribution in [0, 0.1) is 5.92 Å². The van der Waals surface area contributed by atoms with Gasteiger partial charge in [0.2, 0.25) is 0 Å². The van der Waals surface area contributed by atoms with Crippen molar-refractivity contribution >= 4 is 11.6 Å². The number of carbonyl (C=O) groups is 1. The van der Waals surface area contributed by atoms with Crippen LogP contribution in [0.3, 0.4) is 0 Å². The summed E-state index contributed by atoms with van der Waals surface area (Å²) in [7, 11) is 0. The van der Waals surface area contributed by atoms with E-state index in [1.54, 1.807) is 0 Å². The van der Waals surface area contributed by atoms with Gasteiger partial charge in [-0.2, -0.15) is 0 Å². The van der Waals surface area contributed by atoms with Crippen molar-refractivity contribution in [2.75, 3.05) is 11.9 Å². The van der Waals surface area contributed by atoms with E-state index in [1.165, 1.54) is 0 Å². The van der Waals surface area contributed by atoms with E-state index in [0.717, 1.165) is 12.2 Å². The van der Waals surface area contributed by atoms with Crippen LogP contribution < -0.4 is 10.6 Å². The molecule has 1 aromatic carbocycles. The molecule has 1 rings (SSSR count). The van der Waals surface area contributed by atoms with Crippen LogP contribution in [-0.2, 0) is 0 Å². The minimum Gasteiger partial charge on any atom is -0.385 e. The number of nitrogens with one attached hydrogen (secondary N) is 2. The molecule has 17 heavy (non-hydrogen) atoms. The zero-order chi connectivity index (χ0) is 12.8. The Labute approximate surface area is 104 Å². The third-order valence-corrected chi connectivity index (χ3v) is 2.26. The Bertz CT molecular complexity index is 372. The highest BCUT2D eigenvalue weighted by Gasteiger charge is 2.07. The first kappa shape index (κ1) is 13.6. The molecule has 0 saturated carbocycles. The van der Waals surface area contributed by atoms with Crippen molar-refractivity contribution < 1.29 is 4.79 Å². The van der Waals surface area contributed by atoms with Crippen molar-refractivity contribution in [1.29, 1.82) is 0 Å². The summed E-state index contributed by atoms with van der Waals surface area (Å²) in [5, 5.41) is 6.20.